The Hall–Kier alpha value is -1.08. The van der Waals surface area contributed by atoms with Crippen molar-refractivity contribution >= 4 is 29.4 Å². The highest BCUT2D eigenvalue weighted by atomic mass is 35.5. The van der Waals surface area contributed by atoms with Gasteiger partial charge < -0.3 is 4.84 Å². The summed E-state index contributed by atoms with van der Waals surface area (Å²) in [5.41, 5.74) is -3.93. The highest BCUT2D eigenvalue weighted by molar-refractivity contribution is 6.36. The third kappa shape index (κ3) is 2.33. The summed E-state index contributed by atoms with van der Waals surface area (Å²) < 4.78 is 64.9. The lowest BCUT2D eigenvalue weighted by Crippen LogP contribution is -2.42. The number of halogens is 7. The maximum Gasteiger partial charge on any atom is 0.435 e. The zero-order valence-electron chi connectivity index (χ0n) is 9.52. The molecule has 1 atom stereocenters. The molecule has 1 heterocycles. The van der Waals surface area contributed by atoms with Gasteiger partial charge in [-0.15, -0.1) is 0 Å². The maximum absolute atomic E-state index is 13.2. The van der Waals surface area contributed by atoms with Crippen LogP contribution in [0.25, 0.3) is 0 Å². The summed E-state index contributed by atoms with van der Waals surface area (Å²) in [5.74, 6) is 0. The fourth-order valence-electron chi connectivity index (χ4n) is 1.86. The summed E-state index contributed by atoms with van der Waals surface area (Å²) in [4.78, 5) is 4.44. The Kier molecular flexibility index (Phi) is 3.85. The zero-order valence-corrected chi connectivity index (χ0v) is 11.0. The molecule has 2 rings (SSSR count). The average Bonchev–Trinajstić information content (AvgIpc) is 2.76. The largest absolute Gasteiger partial charge is 0.435 e. The third-order valence-electron chi connectivity index (χ3n) is 2.88. The van der Waals surface area contributed by atoms with E-state index in [1.165, 1.54) is 0 Å². The number of oxime groups is 1. The van der Waals surface area contributed by atoms with Crippen molar-refractivity contribution in [1.82, 2.24) is 0 Å². The average molecular weight is 334 g/mol. The Labute approximate surface area is 120 Å². The van der Waals surface area contributed by atoms with Gasteiger partial charge >= 0.3 is 6.18 Å². The second kappa shape index (κ2) is 5.04. The second-order valence-corrected chi connectivity index (χ2v) is 4.88. The molecule has 1 aromatic carbocycles. The van der Waals surface area contributed by atoms with Crippen molar-refractivity contribution in [2.24, 2.45) is 5.16 Å². The molecule has 0 radical (unpaired) electrons. The van der Waals surface area contributed by atoms with Gasteiger partial charge in [0.15, 0.2) is 0 Å². The molecule has 0 saturated heterocycles. The molecule has 0 aromatic heterocycles. The van der Waals surface area contributed by atoms with Crippen molar-refractivity contribution in [2.45, 2.75) is 24.6 Å². The lowest BCUT2D eigenvalue weighted by Gasteiger charge is -2.29. The van der Waals surface area contributed by atoms with Crippen molar-refractivity contribution in [2.75, 3.05) is 0 Å². The van der Waals surface area contributed by atoms with Gasteiger partial charge in [-0.1, -0.05) is 28.4 Å². The van der Waals surface area contributed by atoms with Crippen molar-refractivity contribution in [3.63, 3.8) is 0 Å². The Balaban J connectivity index is 2.58. The molecule has 9 heteroatoms. The zero-order chi connectivity index (χ0) is 15.1. The summed E-state index contributed by atoms with van der Waals surface area (Å²) in [7, 11) is 0. The smallest absolute Gasteiger partial charge is 0.375 e. The first-order valence-electron chi connectivity index (χ1n) is 5.23. The van der Waals surface area contributed by atoms with E-state index in [0.29, 0.717) is 0 Å². The molecule has 0 aliphatic carbocycles. The van der Waals surface area contributed by atoms with Gasteiger partial charge in [0.25, 0.3) is 12.0 Å². The maximum atomic E-state index is 13.2. The first kappa shape index (κ1) is 15.3. The first-order chi connectivity index (χ1) is 9.19. The van der Waals surface area contributed by atoms with Gasteiger partial charge in [0.05, 0.1) is 15.6 Å². The van der Waals surface area contributed by atoms with E-state index < -0.39 is 45.8 Å². The molecule has 0 spiro atoms. The van der Waals surface area contributed by atoms with E-state index in [1.807, 2.05) is 0 Å². The molecule has 0 amide bonds. The lowest BCUT2D eigenvalue weighted by atomic mass is 9.90. The van der Waals surface area contributed by atoms with Gasteiger partial charge in [-0.3, -0.25) is 0 Å². The van der Waals surface area contributed by atoms with Crippen LogP contribution in [0.3, 0.4) is 0 Å². The monoisotopic (exact) mass is 333 g/mol. The normalized spacial score (nSPS) is 22.4. The molecular formula is C11H6Cl2F5NO. The minimum absolute atomic E-state index is 0.470. The summed E-state index contributed by atoms with van der Waals surface area (Å²) in [6.07, 6.45) is -7.44. The van der Waals surface area contributed by atoms with Crippen LogP contribution in [0.1, 0.15) is 24.0 Å². The molecule has 1 unspecified atom stereocenters. The van der Waals surface area contributed by atoms with Crippen molar-refractivity contribution in [3.8, 4) is 0 Å². The fourth-order valence-corrected chi connectivity index (χ4v) is 2.51. The van der Waals surface area contributed by atoms with E-state index in [-0.39, 0.29) is 0 Å². The second-order valence-electron chi connectivity index (χ2n) is 4.06. The van der Waals surface area contributed by atoms with E-state index in [2.05, 4.69) is 9.99 Å². The minimum atomic E-state index is -4.80. The summed E-state index contributed by atoms with van der Waals surface area (Å²) in [6, 6.07) is 1.55. The van der Waals surface area contributed by atoms with E-state index in [4.69, 9.17) is 23.2 Å². The number of hydrogen-bond acceptors (Lipinski definition) is 2. The summed E-state index contributed by atoms with van der Waals surface area (Å²) in [5, 5.41) is 2.01. The molecule has 110 valence electrons. The lowest BCUT2D eigenvalue weighted by molar-refractivity contribution is -0.275. The molecule has 0 fully saturated rings. The molecule has 20 heavy (non-hydrogen) atoms. The highest BCUT2D eigenvalue weighted by Crippen LogP contribution is 2.49. The summed E-state index contributed by atoms with van der Waals surface area (Å²) >= 11 is 11.2. The van der Waals surface area contributed by atoms with Crippen molar-refractivity contribution in [1.29, 1.82) is 0 Å². The Morgan fingerprint density at radius 2 is 1.75 bits per heavy atom. The van der Waals surface area contributed by atoms with Gasteiger partial charge in [-0.2, -0.15) is 13.2 Å². The molecule has 0 bridgehead atoms. The Morgan fingerprint density at radius 3 is 2.10 bits per heavy atom. The topological polar surface area (TPSA) is 21.6 Å². The fraction of sp³-hybridized carbons (Fsp3) is 0.364. The highest BCUT2D eigenvalue weighted by Gasteiger charge is 2.60. The van der Waals surface area contributed by atoms with Gasteiger partial charge in [0.2, 0.25) is 0 Å². The predicted octanol–water partition coefficient (Wildman–Crippen LogP) is 5.09. The summed E-state index contributed by atoms with van der Waals surface area (Å²) in [6.45, 7) is 0. The molecule has 1 aliphatic rings. The number of rotatable bonds is 2. The third-order valence-corrected chi connectivity index (χ3v) is 3.51. The van der Waals surface area contributed by atoms with Crippen LogP contribution >= 0.6 is 23.2 Å². The number of nitrogens with zero attached hydrogens (tertiary/aromatic N) is 1. The van der Waals surface area contributed by atoms with E-state index in [9.17, 15) is 22.0 Å². The number of benzene rings is 1. The minimum Gasteiger partial charge on any atom is -0.375 e. The molecular weight excluding hydrogens is 328 g/mol. The van der Waals surface area contributed by atoms with Crippen LogP contribution < -0.4 is 0 Å². The van der Waals surface area contributed by atoms with Gasteiger partial charge in [-0.05, 0) is 12.1 Å². The van der Waals surface area contributed by atoms with Crippen LogP contribution in [0, 0.1) is 0 Å². The SMILES string of the molecule is FC(F)c1c(Cl)cc(C2(C(F)(F)F)CC=NO2)cc1Cl. The molecule has 0 saturated carbocycles. The van der Waals surface area contributed by atoms with Crippen LogP contribution in [-0.4, -0.2) is 12.4 Å². The van der Waals surface area contributed by atoms with Crippen LogP contribution in [0.4, 0.5) is 22.0 Å². The van der Waals surface area contributed by atoms with Gasteiger partial charge in [0, 0.05) is 18.2 Å². The van der Waals surface area contributed by atoms with E-state index in [1.54, 1.807) is 0 Å². The number of hydrogen-bond donors (Lipinski definition) is 0. The molecule has 2 nitrogen and oxygen atoms in total. The predicted molar refractivity (Wildman–Crippen MR) is 63.3 cm³/mol. The van der Waals surface area contributed by atoms with Crippen LogP contribution in [0.15, 0.2) is 17.3 Å². The van der Waals surface area contributed by atoms with Crippen LogP contribution in [-0.2, 0) is 10.4 Å². The first-order valence-corrected chi connectivity index (χ1v) is 5.99. The quantitative estimate of drug-likeness (QED) is 0.690. The Bertz CT molecular complexity index is 527. The van der Waals surface area contributed by atoms with E-state index >= 15 is 0 Å². The molecule has 0 N–H and O–H groups in total. The standard InChI is InChI=1S/C11H6Cl2F5NO/c12-6-3-5(4-7(13)8(6)9(14)15)10(11(16,17)18)1-2-19-20-10/h2-4,9H,1H2. The van der Waals surface area contributed by atoms with Crippen LogP contribution in [0.5, 0.6) is 0 Å². The number of alkyl halides is 5. The van der Waals surface area contributed by atoms with Crippen molar-refractivity contribution in [3.05, 3.63) is 33.3 Å². The van der Waals surface area contributed by atoms with E-state index in [0.717, 1.165) is 18.3 Å². The van der Waals surface area contributed by atoms with Crippen molar-refractivity contribution < 1.29 is 26.8 Å². The molecule has 1 aromatic rings. The molecule has 1 aliphatic heterocycles. The van der Waals surface area contributed by atoms with Gasteiger partial charge in [-0.25, -0.2) is 8.78 Å². The van der Waals surface area contributed by atoms with Crippen LogP contribution in [0.2, 0.25) is 10.0 Å². The Morgan fingerprint density at radius 1 is 1.20 bits per heavy atom. The van der Waals surface area contributed by atoms with Gasteiger partial charge in [0.1, 0.15) is 0 Å².